The minimum Gasteiger partial charge on any atom is -0.477 e. The lowest BCUT2D eigenvalue weighted by molar-refractivity contribution is 0.302. The fraction of sp³-hybridized carbons (Fsp3) is 0.556. The largest absolute Gasteiger partial charge is 0.477 e. The predicted octanol–water partition coefficient (Wildman–Crippen LogP) is 1.46. The molecule has 0 amide bonds. The fourth-order valence-electron chi connectivity index (χ4n) is 0.963. The molecule has 1 aromatic heterocycles. The average molecular weight is 181 g/mol. The normalized spacial score (nSPS) is 10.1. The number of nitrogen functional groups attached to an aromatic ring is 1. The molecule has 4 nitrogen and oxygen atoms in total. The highest BCUT2D eigenvalue weighted by atomic mass is 16.5. The maximum atomic E-state index is 5.66. The fourth-order valence-corrected chi connectivity index (χ4v) is 0.963. The van der Waals surface area contributed by atoms with Crippen LogP contribution >= 0.6 is 0 Å². The second kappa shape index (κ2) is 4.07. The average Bonchev–Trinajstić information content (AvgIpc) is 2.09. The van der Waals surface area contributed by atoms with Crippen LogP contribution in [0.1, 0.15) is 24.7 Å². The molecule has 0 saturated carbocycles. The third-order valence-corrected chi connectivity index (χ3v) is 1.69. The molecule has 0 bridgehead atoms. The minimum absolute atomic E-state index is 0.499. The summed E-state index contributed by atoms with van der Waals surface area (Å²) >= 11 is 0. The molecule has 2 N–H and O–H groups in total. The van der Waals surface area contributed by atoms with Crippen LogP contribution in [-0.4, -0.2) is 16.6 Å². The van der Waals surface area contributed by atoms with Crippen LogP contribution in [0.5, 0.6) is 5.88 Å². The van der Waals surface area contributed by atoms with Crippen molar-refractivity contribution in [1.82, 2.24) is 9.97 Å². The molecule has 0 aromatic carbocycles. The summed E-state index contributed by atoms with van der Waals surface area (Å²) in [7, 11) is 0. The third kappa shape index (κ3) is 2.31. The number of anilines is 1. The van der Waals surface area contributed by atoms with Crippen molar-refractivity contribution >= 4 is 5.82 Å². The highest BCUT2D eigenvalue weighted by Gasteiger charge is 2.06. The summed E-state index contributed by atoms with van der Waals surface area (Å²) in [5, 5.41) is 0. The summed E-state index contributed by atoms with van der Waals surface area (Å²) in [5.74, 6) is 1.75. The van der Waals surface area contributed by atoms with E-state index in [2.05, 4.69) is 9.97 Å². The number of hydrogen-bond acceptors (Lipinski definition) is 4. The van der Waals surface area contributed by atoms with Crippen molar-refractivity contribution in [2.45, 2.75) is 27.2 Å². The van der Waals surface area contributed by atoms with Gasteiger partial charge in [0, 0.05) is 0 Å². The second-order valence-corrected chi connectivity index (χ2v) is 2.93. The van der Waals surface area contributed by atoms with Gasteiger partial charge in [-0.25, -0.2) is 4.98 Å². The van der Waals surface area contributed by atoms with Crippen molar-refractivity contribution in [1.29, 1.82) is 0 Å². The summed E-state index contributed by atoms with van der Waals surface area (Å²) in [4.78, 5) is 8.19. The highest BCUT2D eigenvalue weighted by Crippen LogP contribution is 2.19. The number of aromatic nitrogens is 2. The number of hydrogen-bond donors (Lipinski definition) is 1. The van der Waals surface area contributed by atoms with Gasteiger partial charge in [-0.1, -0.05) is 6.92 Å². The van der Waals surface area contributed by atoms with Crippen molar-refractivity contribution in [2.75, 3.05) is 12.3 Å². The molecule has 0 aliphatic rings. The minimum atomic E-state index is 0.499. The van der Waals surface area contributed by atoms with Crippen LogP contribution in [0.4, 0.5) is 5.82 Å². The van der Waals surface area contributed by atoms with E-state index in [1.54, 1.807) is 6.92 Å². The summed E-state index contributed by atoms with van der Waals surface area (Å²) < 4.78 is 5.42. The zero-order valence-electron chi connectivity index (χ0n) is 8.29. The summed E-state index contributed by atoms with van der Waals surface area (Å²) in [5.41, 5.74) is 6.48. The Morgan fingerprint density at radius 3 is 2.62 bits per heavy atom. The second-order valence-electron chi connectivity index (χ2n) is 2.93. The van der Waals surface area contributed by atoms with Gasteiger partial charge in [0.15, 0.2) is 0 Å². The van der Waals surface area contributed by atoms with Crippen molar-refractivity contribution in [2.24, 2.45) is 0 Å². The molecule has 0 radical (unpaired) electrons. The molecule has 0 aliphatic carbocycles. The molecule has 13 heavy (non-hydrogen) atoms. The van der Waals surface area contributed by atoms with Crippen LogP contribution in [0.15, 0.2) is 0 Å². The molecule has 1 aromatic rings. The topological polar surface area (TPSA) is 61.0 Å². The molecular weight excluding hydrogens is 166 g/mol. The van der Waals surface area contributed by atoms with Gasteiger partial charge in [-0.05, 0) is 20.3 Å². The van der Waals surface area contributed by atoms with Gasteiger partial charge in [-0.2, -0.15) is 4.98 Å². The molecule has 72 valence electrons. The lowest BCUT2D eigenvalue weighted by Gasteiger charge is -2.08. The van der Waals surface area contributed by atoms with Gasteiger partial charge in [0.1, 0.15) is 11.6 Å². The van der Waals surface area contributed by atoms with Crippen molar-refractivity contribution in [3.8, 4) is 5.88 Å². The summed E-state index contributed by atoms with van der Waals surface area (Å²) in [6.07, 6.45) is 0.961. The van der Waals surface area contributed by atoms with Crippen molar-refractivity contribution in [3.63, 3.8) is 0 Å². The van der Waals surface area contributed by atoms with Crippen LogP contribution < -0.4 is 10.5 Å². The van der Waals surface area contributed by atoms with Gasteiger partial charge in [-0.3, -0.25) is 0 Å². The number of rotatable bonds is 3. The first-order valence-corrected chi connectivity index (χ1v) is 4.38. The Kier molecular flexibility index (Phi) is 3.06. The zero-order valence-corrected chi connectivity index (χ0v) is 8.29. The predicted molar refractivity (Wildman–Crippen MR) is 51.7 cm³/mol. The number of ether oxygens (including phenoxy) is 1. The third-order valence-electron chi connectivity index (χ3n) is 1.69. The monoisotopic (exact) mass is 181 g/mol. The number of aryl methyl sites for hydroxylation is 1. The Morgan fingerprint density at radius 2 is 2.00 bits per heavy atom. The Labute approximate surface area is 78.1 Å². The molecule has 0 spiro atoms. The number of nitrogens with zero attached hydrogens (tertiary/aromatic N) is 2. The first kappa shape index (κ1) is 9.77. The SMILES string of the molecule is CCCOc1nc(C)nc(N)c1C. The van der Waals surface area contributed by atoms with Gasteiger partial charge >= 0.3 is 0 Å². The lowest BCUT2D eigenvalue weighted by Crippen LogP contribution is -2.05. The van der Waals surface area contributed by atoms with E-state index in [0.29, 0.717) is 24.1 Å². The van der Waals surface area contributed by atoms with Crippen molar-refractivity contribution in [3.05, 3.63) is 11.4 Å². The Morgan fingerprint density at radius 1 is 1.31 bits per heavy atom. The molecule has 0 fully saturated rings. The Balaban J connectivity index is 2.92. The molecule has 0 atom stereocenters. The van der Waals surface area contributed by atoms with Crippen LogP contribution in [-0.2, 0) is 0 Å². The van der Waals surface area contributed by atoms with Crippen LogP contribution in [0.25, 0.3) is 0 Å². The van der Waals surface area contributed by atoms with Crippen molar-refractivity contribution < 1.29 is 4.74 Å². The molecule has 0 aliphatic heterocycles. The van der Waals surface area contributed by atoms with Gasteiger partial charge in [-0.15, -0.1) is 0 Å². The standard InChI is InChI=1S/C9H15N3O/c1-4-5-13-9-6(2)8(10)11-7(3)12-9/h4-5H2,1-3H3,(H2,10,11,12). The maximum absolute atomic E-state index is 5.66. The zero-order chi connectivity index (χ0) is 9.84. The van der Waals surface area contributed by atoms with E-state index in [1.165, 1.54) is 0 Å². The molecule has 1 rings (SSSR count). The van der Waals surface area contributed by atoms with E-state index in [-0.39, 0.29) is 0 Å². The lowest BCUT2D eigenvalue weighted by atomic mass is 10.3. The van der Waals surface area contributed by atoms with E-state index < -0.39 is 0 Å². The van der Waals surface area contributed by atoms with Crippen LogP contribution in [0, 0.1) is 13.8 Å². The number of nitrogens with two attached hydrogens (primary N) is 1. The molecule has 0 saturated heterocycles. The smallest absolute Gasteiger partial charge is 0.221 e. The molecular formula is C9H15N3O. The molecule has 4 heteroatoms. The summed E-state index contributed by atoms with van der Waals surface area (Å²) in [6, 6.07) is 0. The van der Waals surface area contributed by atoms with E-state index in [0.717, 1.165) is 12.0 Å². The van der Waals surface area contributed by atoms with Crippen LogP contribution in [0.2, 0.25) is 0 Å². The van der Waals surface area contributed by atoms with Gasteiger partial charge in [0.05, 0.1) is 12.2 Å². The van der Waals surface area contributed by atoms with Gasteiger partial charge in [0.25, 0.3) is 0 Å². The maximum Gasteiger partial charge on any atom is 0.221 e. The van der Waals surface area contributed by atoms with E-state index in [1.807, 2.05) is 13.8 Å². The Bertz CT molecular complexity index is 299. The van der Waals surface area contributed by atoms with Crippen LogP contribution in [0.3, 0.4) is 0 Å². The Hall–Kier alpha value is -1.32. The van der Waals surface area contributed by atoms with Gasteiger partial charge < -0.3 is 10.5 Å². The molecule has 0 unspecified atom stereocenters. The van der Waals surface area contributed by atoms with E-state index in [9.17, 15) is 0 Å². The van der Waals surface area contributed by atoms with Gasteiger partial charge in [0.2, 0.25) is 5.88 Å². The summed E-state index contributed by atoms with van der Waals surface area (Å²) in [6.45, 7) is 6.37. The quantitative estimate of drug-likeness (QED) is 0.767. The van der Waals surface area contributed by atoms with E-state index in [4.69, 9.17) is 10.5 Å². The molecule has 1 heterocycles. The first-order chi connectivity index (χ1) is 6.15. The highest BCUT2D eigenvalue weighted by molar-refractivity contribution is 5.44. The van der Waals surface area contributed by atoms with E-state index >= 15 is 0 Å². The first-order valence-electron chi connectivity index (χ1n) is 4.38.